The molecule has 0 spiro atoms. The molecule has 0 N–H and O–H groups in total. The zero-order valence-corrected chi connectivity index (χ0v) is 21.3. The minimum atomic E-state index is -2.69. The summed E-state index contributed by atoms with van der Waals surface area (Å²) < 4.78 is 5.28. The molecule has 152 valence electrons. The van der Waals surface area contributed by atoms with Gasteiger partial charge >= 0.3 is 169 Å². The molecule has 3 aliphatic carbocycles. The van der Waals surface area contributed by atoms with E-state index < -0.39 is 20.3 Å². The van der Waals surface area contributed by atoms with Crippen molar-refractivity contribution >= 4 is 12.2 Å². The Morgan fingerprint density at radius 1 is 0.793 bits per heavy atom. The molecule has 0 radical (unpaired) electrons. The van der Waals surface area contributed by atoms with Gasteiger partial charge in [0.15, 0.2) is 0 Å². The Labute approximate surface area is 193 Å². The van der Waals surface area contributed by atoms with Gasteiger partial charge in [0.25, 0.3) is 0 Å². The van der Waals surface area contributed by atoms with Gasteiger partial charge in [0.1, 0.15) is 0 Å². The summed E-state index contributed by atoms with van der Waals surface area (Å²) in [7, 11) is 0. The second-order valence-electron chi connectivity index (χ2n) is 9.12. The third kappa shape index (κ3) is 3.77. The molecular weight excluding hydrogens is 474 g/mol. The Morgan fingerprint density at radius 3 is 2.14 bits per heavy atom. The molecule has 0 bridgehead atoms. The maximum absolute atomic E-state index is 2.83. The van der Waals surface area contributed by atoms with Crippen LogP contribution in [-0.4, -0.2) is 0 Å². The van der Waals surface area contributed by atoms with Crippen molar-refractivity contribution in [2.45, 2.75) is 54.5 Å². The summed E-state index contributed by atoms with van der Waals surface area (Å²) in [5.74, 6) is 0. The van der Waals surface area contributed by atoms with Gasteiger partial charge in [-0.25, -0.2) is 0 Å². The molecule has 3 heteroatoms. The number of halogens is 2. The Hall–Kier alpha value is -0.617. The summed E-state index contributed by atoms with van der Waals surface area (Å²) in [4.78, 5) is 0. The molecule has 3 unspecified atom stereocenters. The van der Waals surface area contributed by atoms with Crippen molar-refractivity contribution in [1.82, 2.24) is 0 Å². The van der Waals surface area contributed by atoms with Crippen LogP contribution in [0.2, 0.25) is 8.26 Å². The molecule has 2 aromatic rings. The average molecular weight is 505 g/mol. The summed E-state index contributed by atoms with van der Waals surface area (Å²) in [5, 5.41) is 0. The van der Waals surface area contributed by atoms with E-state index in [0.29, 0.717) is 0 Å². The molecule has 0 aromatic heterocycles. The first kappa shape index (κ1) is 23.1. The largest absolute Gasteiger partial charge is 1.00 e. The second kappa shape index (κ2) is 9.25. The van der Waals surface area contributed by atoms with E-state index in [-0.39, 0.29) is 24.8 Å². The Morgan fingerprint density at radius 2 is 1.41 bits per heavy atom. The molecule has 5 rings (SSSR count). The van der Waals surface area contributed by atoms with Crippen LogP contribution < -0.4 is 24.8 Å². The number of allylic oxidation sites excluding steroid dienone is 2. The number of fused-ring (bicyclic) bond motifs is 2. The van der Waals surface area contributed by atoms with Gasteiger partial charge < -0.3 is 24.8 Å². The van der Waals surface area contributed by atoms with E-state index >= 15 is 0 Å². The first-order valence-corrected chi connectivity index (χ1v) is 17.5. The standard InChI is InChI=1S/C10H9.C9H7.C6H11.CH3.2ClH.Zr/c1-8-6-9-4-2-3-5-10(9)7-8;1-2-5-9-7-3-6-8(9)4-1;1-2-4-6-5-3-1;;;;/h2-7H,1H3;1-7H;1H,2-6H2;1H3;2*1H;/q;;;;;;+2/p-2. The van der Waals surface area contributed by atoms with Crippen LogP contribution >= 0.6 is 0 Å². The van der Waals surface area contributed by atoms with E-state index in [0.717, 1.165) is 10.9 Å². The van der Waals surface area contributed by atoms with Crippen LogP contribution in [0.25, 0.3) is 12.2 Å². The minimum absolute atomic E-state index is 0. The van der Waals surface area contributed by atoms with E-state index in [1.807, 2.05) is 0 Å². The zero-order valence-electron chi connectivity index (χ0n) is 17.4. The molecule has 0 heterocycles. The van der Waals surface area contributed by atoms with Crippen molar-refractivity contribution in [3.8, 4) is 0 Å². The van der Waals surface area contributed by atoms with Crippen molar-refractivity contribution in [2.24, 2.45) is 0 Å². The quantitative estimate of drug-likeness (QED) is 0.599. The van der Waals surface area contributed by atoms with Gasteiger partial charge in [-0.1, -0.05) is 0 Å². The van der Waals surface area contributed by atoms with Crippen LogP contribution in [0, 0.1) is 0 Å². The van der Waals surface area contributed by atoms with Gasteiger partial charge in [0, 0.05) is 0 Å². The molecule has 3 aliphatic rings. The van der Waals surface area contributed by atoms with Gasteiger partial charge in [-0.2, -0.15) is 0 Å². The fraction of sp³-hybridized carbons (Fsp3) is 0.385. The summed E-state index contributed by atoms with van der Waals surface area (Å²) in [6.07, 6.45) is 14.9. The molecule has 0 aliphatic heterocycles. The first-order valence-electron chi connectivity index (χ1n) is 10.7. The van der Waals surface area contributed by atoms with Gasteiger partial charge in [-0.15, -0.1) is 0 Å². The monoisotopic (exact) mass is 502 g/mol. The predicted molar refractivity (Wildman–Crippen MR) is 114 cm³/mol. The Bertz CT molecular complexity index is 926. The number of hydrogen-bond donors (Lipinski definition) is 0. The molecule has 29 heavy (non-hydrogen) atoms. The fourth-order valence-corrected chi connectivity index (χ4v) is 22.3. The molecule has 0 amide bonds. The van der Waals surface area contributed by atoms with E-state index in [2.05, 4.69) is 78.3 Å². The summed E-state index contributed by atoms with van der Waals surface area (Å²) in [6.45, 7) is 2.42. The van der Waals surface area contributed by atoms with Gasteiger partial charge in [0.2, 0.25) is 0 Å². The Kier molecular flexibility index (Phi) is 7.36. The van der Waals surface area contributed by atoms with Crippen molar-refractivity contribution in [2.75, 3.05) is 0 Å². The molecule has 2 aromatic carbocycles. The maximum atomic E-state index is 2.83. The normalized spacial score (nSPS) is 23.4. The summed E-state index contributed by atoms with van der Waals surface area (Å²) in [6, 6.07) is 18.5. The molecular formula is C26H30Cl2Zr. The summed E-state index contributed by atoms with van der Waals surface area (Å²) in [5.41, 5.74) is 7.91. The average Bonchev–Trinajstić information content (AvgIpc) is 3.29. The van der Waals surface area contributed by atoms with Crippen molar-refractivity contribution in [1.29, 1.82) is 0 Å². The fourth-order valence-electron chi connectivity index (χ4n) is 6.49. The second-order valence-corrected chi connectivity index (χ2v) is 20.8. The topological polar surface area (TPSA) is 0 Å². The predicted octanol–water partition coefficient (Wildman–Crippen LogP) is 1.88. The van der Waals surface area contributed by atoms with E-state index in [1.165, 1.54) is 43.2 Å². The van der Waals surface area contributed by atoms with Crippen LogP contribution in [0.15, 0.2) is 60.2 Å². The van der Waals surface area contributed by atoms with E-state index in [9.17, 15) is 0 Å². The van der Waals surface area contributed by atoms with Crippen molar-refractivity contribution in [3.05, 3.63) is 82.4 Å². The van der Waals surface area contributed by atoms with Crippen molar-refractivity contribution in [3.63, 3.8) is 0 Å². The van der Waals surface area contributed by atoms with Crippen LogP contribution in [0.3, 0.4) is 0 Å². The molecule has 3 atom stereocenters. The van der Waals surface area contributed by atoms with Crippen molar-refractivity contribution < 1.29 is 45.1 Å². The third-order valence-corrected chi connectivity index (χ3v) is 22.9. The maximum Gasteiger partial charge on any atom is -1.00 e. The number of hydrogen-bond acceptors (Lipinski definition) is 0. The van der Waals surface area contributed by atoms with Crippen LogP contribution in [0.1, 0.15) is 68.5 Å². The van der Waals surface area contributed by atoms with Gasteiger partial charge in [0.05, 0.1) is 0 Å². The number of rotatable bonds is 3. The van der Waals surface area contributed by atoms with Gasteiger partial charge in [-0.05, 0) is 0 Å². The molecule has 0 nitrogen and oxygen atoms in total. The first-order chi connectivity index (χ1) is 13.2. The zero-order chi connectivity index (χ0) is 18.4. The minimum Gasteiger partial charge on any atom is -1.00 e. The smallest absolute Gasteiger partial charge is 1.00 e. The third-order valence-electron chi connectivity index (χ3n) is 7.72. The van der Waals surface area contributed by atoms with E-state index in [4.69, 9.17) is 0 Å². The van der Waals surface area contributed by atoms with E-state index in [1.54, 1.807) is 16.7 Å². The number of benzene rings is 2. The molecule has 1 fully saturated rings. The SMILES string of the molecule is CC1=Cc2ccccc2[CH]1[Zr+2]([CH3])([CH]1CCCCC1)[CH]1C=Cc2ccccc21.[Cl-].[Cl-]. The summed E-state index contributed by atoms with van der Waals surface area (Å²) >= 11 is -2.69. The van der Waals surface area contributed by atoms with Crippen LogP contribution in [-0.2, 0) is 20.3 Å². The Balaban J connectivity index is 0.00000120. The molecule has 1 saturated carbocycles. The van der Waals surface area contributed by atoms with Gasteiger partial charge in [-0.3, -0.25) is 0 Å². The van der Waals surface area contributed by atoms with Crippen LogP contribution in [0.4, 0.5) is 0 Å². The van der Waals surface area contributed by atoms with Crippen LogP contribution in [0.5, 0.6) is 0 Å². The molecule has 0 saturated heterocycles.